The number of pyridine rings is 1. The third kappa shape index (κ3) is 3.13. The molecule has 3 heterocycles. The van der Waals surface area contributed by atoms with E-state index in [1.165, 1.54) is 12.1 Å². The van der Waals surface area contributed by atoms with Crippen LogP contribution >= 0.6 is 0 Å². The van der Waals surface area contributed by atoms with Gasteiger partial charge in [-0.1, -0.05) is 24.3 Å². The Bertz CT molecular complexity index is 1780. The van der Waals surface area contributed by atoms with Crippen molar-refractivity contribution in [2.45, 2.75) is 12.3 Å². The summed E-state index contributed by atoms with van der Waals surface area (Å²) in [6.45, 7) is 0. The summed E-state index contributed by atoms with van der Waals surface area (Å²) in [7, 11) is 0. The number of hydrogen-bond donors (Lipinski definition) is 4. The van der Waals surface area contributed by atoms with Gasteiger partial charge in [-0.25, -0.2) is 0 Å². The molecule has 9 heteroatoms. The van der Waals surface area contributed by atoms with E-state index in [4.69, 9.17) is 9.15 Å². The Hall–Kier alpha value is -5.05. The van der Waals surface area contributed by atoms with E-state index in [-0.39, 0.29) is 34.5 Å². The molecule has 5 aromatic rings. The molecule has 9 nitrogen and oxygen atoms in total. The number of fused-ring (bicyclic) bond motifs is 4. The number of carbonyl (C=O) groups is 1. The Morgan fingerprint density at radius 2 is 1.69 bits per heavy atom. The summed E-state index contributed by atoms with van der Waals surface area (Å²) >= 11 is 0. The minimum Gasteiger partial charge on any atom is -0.507 e. The van der Waals surface area contributed by atoms with E-state index >= 15 is 0 Å². The van der Waals surface area contributed by atoms with E-state index in [1.807, 2.05) is 24.3 Å². The van der Waals surface area contributed by atoms with Crippen LogP contribution in [0, 0.1) is 0 Å². The van der Waals surface area contributed by atoms with E-state index < -0.39 is 40.3 Å². The molecule has 0 radical (unpaired) electrons. The predicted octanol–water partition coefficient (Wildman–Crippen LogP) is 4.27. The molecule has 1 aliphatic rings. The number of aromatic hydroxyl groups is 4. The Morgan fingerprint density at radius 1 is 0.889 bits per heavy atom. The van der Waals surface area contributed by atoms with Crippen molar-refractivity contribution in [3.8, 4) is 40.1 Å². The molecule has 0 saturated heterocycles. The van der Waals surface area contributed by atoms with E-state index in [0.717, 1.165) is 17.5 Å². The number of aromatic nitrogens is 1. The van der Waals surface area contributed by atoms with Crippen LogP contribution < -0.4 is 10.2 Å². The standard InChI is InChI=1S/C27H17NO8/c29-16-7-6-13(9-17(16)30)26-25(34)24(33)22-18(31)11-19-21(27(22)36-26)15(10-20(32)35-19)14-5-1-3-12-4-2-8-28-23(12)14/h1-9,11,15,29-31,34H,10H2/t15-/m1/s1. The molecule has 2 aromatic heterocycles. The average molecular weight is 483 g/mol. The number of phenolic OH excluding ortho intramolecular Hbond substituents is 3. The van der Waals surface area contributed by atoms with Crippen molar-refractivity contribution in [2.24, 2.45) is 0 Å². The number of benzene rings is 3. The summed E-state index contributed by atoms with van der Waals surface area (Å²) in [6, 6.07) is 14.0. The van der Waals surface area contributed by atoms with Gasteiger partial charge in [-0.2, -0.15) is 0 Å². The minimum atomic E-state index is -0.911. The summed E-state index contributed by atoms with van der Waals surface area (Å²) < 4.78 is 11.4. The van der Waals surface area contributed by atoms with Gasteiger partial charge in [0.2, 0.25) is 11.2 Å². The molecule has 4 N–H and O–H groups in total. The first-order valence-electron chi connectivity index (χ1n) is 11.0. The van der Waals surface area contributed by atoms with Crippen molar-refractivity contribution < 1.29 is 34.4 Å². The molecule has 1 aliphatic heterocycles. The van der Waals surface area contributed by atoms with Crippen LogP contribution in [0.5, 0.6) is 28.7 Å². The fourth-order valence-electron chi connectivity index (χ4n) is 4.72. The average Bonchev–Trinajstić information content (AvgIpc) is 2.86. The minimum absolute atomic E-state index is 0.0162. The number of para-hydroxylation sites is 1. The van der Waals surface area contributed by atoms with Crippen LogP contribution in [0.1, 0.15) is 23.5 Å². The number of rotatable bonds is 2. The highest BCUT2D eigenvalue weighted by Crippen LogP contribution is 2.48. The zero-order valence-electron chi connectivity index (χ0n) is 18.4. The van der Waals surface area contributed by atoms with Crippen molar-refractivity contribution in [2.75, 3.05) is 0 Å². The molecule has 178 valence electrons. The first-order valence-corrected chi connectivity index (χ1v) is 11.0. The summed E-state index contributed by atoms with van der Waals surface area (Å²) in [5.74, 6) is -3.66. The first-order chi connectivity index (χ1) is 17.3. The topological polar surface area (TPSA) is 150 Å². The molecule has 3 aromatic carbocycles. The molecule has 6 rings (SSSR count). The highest BCUT2D eigenvalue weighted by Gasteiger charge is 2.35. The van der Waals surface area contributed by atoms with Gasteiger partial charge in [0.25, 0.3) is 0 Å². The summed E-state index contributed by atoms with van der Waals surface area (Å²) in [5.41, 5.74) is 0.790. The smallest absolute Gasteiger partial charge is 0.312 e. The highest BCUT2D eigenvalue weighted by molar-refractivity contribution is 5.95. The van der Waals surface area contributed by atoms with Crippen LogP contribution in [-0.2, 0) is 4.79 Å². The molecular weight excluding hydrogens is 466 g/mol. The summed E-state index contributed by atoms with van der Waals surface area (Å²) in [6.07, 6.45) is 1.55. The quantitative estimate of drug-likeness (QED) is 0.164. The Kier molecular flexibility index (Phi) is 4.62. The summed E-state index contributed by atoms with van der Waals surface area (Å²) in [5, 5.41) is 41.4. The van der Waals surface area contributed by atoms with E-state index in [9.17, 15) is 30.0 Å². The van der Waals surface area contributed by atoms with Crippen molar-refractivity contribution in [1.29, 1.82) is 0 Å². The molecule has 1 atom stereocenters. The lowest BCUT2D eigenvalue weighted by Crippen LogP contribution is -2.22. The van der Waals surface area contributed by atoms with Gasteiger partial charge in [-0.3, -0.25) is 14.6 Å². The Labute approximate surface area is 202 Å². The zero-order valence-corrected chi connectivity index (χ0v) is 18.4. The third-order valence-corrected chi connectivity index (χ3v) is 6.34. The fourth-order valence-corrected chi connectivity index (χ4v) is 4.72. The van der Waals surface area contributed by atoms with Crippen LogP contribution in [0.3, 0.4) is 0 Å². The van der Waals surface area contributed by atoms with Crippen LogP contribution in [-0.4, -0.2) is 31.4 Å². The molecule has 0 bridgehead atoms. The molecule has 0 saturated carbocycles. The van der Waals surface area contributed by atoms with Crippen molar-refractivity contribution >= 4 is 27.8 Å². The number of phenols is 3. The number of esters is 1. The molecule has 36 heavy (non-hydrogen) atoms. The van der Waals surface area contributed by atoms with Gasteiger partial charge in [0.1, 0.15) is 22.5 Å². The fraction of sp³-hybridized carbons (Fsp3) is 0.0741. The maximum atomic E-state index is 13.2. The number of nitrogens with zero attached hydrogens (tertiary/aromatic N) is 1. The van der Waals surface area contributed by atoms with Gasteiger partial charge in [0.05, 0.1) is 11.9 Å². The second-order valence-corrected chi connectivity index (χ2v) is 8.48. The normalized spacial score (nSPS) is 15.1. The van der Waals surface area contributed by atoms with Crippen LogP contribution in [0.4, 0.5) is 0 Å². The van der Waals surface area contributed by atoms with Gasteiger partial charge in [-0.05, 0) is 29.8 Å². The first kappa shape index (κ1) is 21.5. The van der Waals surface area contributed by atoms with E-state index in [0.29, 0.717) is 16.6 Å². The lowest BCUT2D eigenvalue weighted by atomic mass is 9.84. The van der Waals surface area contributed by atoms with Gasteiger partial charge < -0.3 is 29.6 Å². The van der Waals surface area contributed by atoms with Crippen LogP contribution in [0.25, 0.3) is 33.2 Å². The SMILES string of the molecule is O=C1C[C@H](c2cccc3cccnc23)c2c(cc(O)c3c(=O)c(O)c(-c4ccc(O)c(O)c4)oc23)O1. The van der Waals surface area contributed by atoms with Gasteiger partial charge in [0, 0.05) is 34.7 Å². The van der Waals surface area contributed by atoms with E-state index in [1.54, 1.807) is 12.3 Å². The number of carbonyl (C=O) groups excluding carboxylic acids is 1. The number of ether oxygens (including phenoxy) is 1. The number of hydrogen-bond acceptors (Lipinski definition) is 9. The molecule has 0 amide bonds. The largest absolute Gasteiger partial charge is 0.507 e. The maximum Gasteiger partial charge on any atom is 0.312 e. The Balaban J connectivity index is 1.71. The molecular formula is C27H17NO8. The van der Waals surface area contributed by atoms with Crippen molar-refractivity contribution in [1.82, 2.24) is 4.98 Å². The maximum absolute atomic E-state index is 13.2. The second-order valence-electron chi connectivity index (χ2n) is 8.48. The molecule has 0 spiro atoms. The van der Waals surface area contributed by atoms with Crippen LogP contribution in [0.2, 0.25) is 0 Å². The second kappa shape index (κ2) is 7.74. The van der Waals surface area contributed by atoms with Crippen molar-refractivity contribution in [3.05, 3.63) is 82.1 Å². The van der Waals surface area contributed by atoms with Gasteiger partial charge in [0.15, 0.2) is 17.3 Å². The third-order valence-electron chi connectivity index (χ3n) is 6.34. The molecule has 0 aliphatic carbocycles. The highest BCUT2D eigenvalue weighted by atomic mass is 16.5. The molecule has 0 fully saturated rings. The lowest BCUT2D eigenvalue weighted by molar-refractivity contribution is -0.135. The predicted molar refractivity (Wildman–Crippen MR) is 128 cm³/mol. The Morgan fingerprint density at radius 3 is 2.50 bits per heavy atom. The zero-order chi connectivity index (χ0) is 25.1. The summed E-state index contributed by atoms with van der Waals surface area (Å²) in [4.78, 5) is 30.2. The molecule has 0 unspecified atom stereocenters. The van der Waals surface area contributed by atoms with E-state index in [2.05, 4.69) is 4.98 Å². The monoisotopic (exact) mass is 483 g/mol. The van der Waals surface area contributed by atoms with Gasteiger partial charge >= 0.3 is 5.97 Å². The van der Waals surface area contributed by atoms with Crippen LogP contribution in [0.15, 0.2) is 70.0 Å². The van der Waals surface area contributed by atoms with Gasteiger partial charge in [-0.15, -0.1) is 0 Å². The van der Waals surface area contributed by atoms with Crippen molar-refractivity contribution in [3.63, 3.8) is 0 Å². The lowest BCUT2D eigenvalue weighted by Gasteiger charge is -2.26.